The van der Waals surface area contributed by atoms with Gasteiger partial charge in [-0.2, -0.15) is 0 Å². The van der Waals surface area contributed by atoms with Gasteiger partial charge in [0.2, 0.25) is 0 Å². The zero-order valence-electron chi connectivity index (χ0n) is 18.4. The Labute approximate surface area is 187 Å². The maximum atomic E-state index is 5.56. The largest absolute Gasteiger partial charge is 0.494 e. The van der Waals surface area contributed by atoms with Gasteiger partial charge in [0.15, 0.2) is 0 Å². The molecule has 2 aromatic rings. The Kier molecular flexibility index (Phi) is 7.47. The molecule has 32 heavy (non-hydrogen) atoms. The second-order valence-corrected chi connectivity index (χ2v) is 7.28. The summed E-state index contributed by atoms with van der Waals surface area (Å²) in [5.74, 6) is 1.30. The van der Waals surface area contributed by atoms with Crippen molar-refractivity contribution in [1.82, 2.24) is 10.0 Å². The number of hydrogen-bond donors (Lipinski definition) is 0. The predicted molar refractivity (Wildman–Crippen MR) is 119 cm³/mol. The lowest BCUT2D eigenvalue weighted by molar-refractivity contribution is 0.0353. The highest BCUT2D eigenvalue weighted by Crippen LogP contribution is 2.37. The van der Waals surface area contributed by atoms with E-state index in [1.54, 1.807) is 14.2 Å². The van der Waals surface area contributed by atoms with E-state index < -0.39 is 0 Å². The SMILES string of the molecule is COc1cc(-c2ccc(N=NN3CCOCC3)c(OC)c2)ccc1N=NN1CCOCC1. The molecule has 0 aliphatic carbocycles. The summed E-state index contributed by atoms with van der Waals surface area (Å²) >= 11 is 0. The van der Waals surface area contributed by atoms with E-state index in [-0.39, 0.29) is 0 Å². The summed E-state index contributed by atoms with van der Waals surface area (Å²) < 4.78 is 21.8. The highest BCUT2D eigenvalue weighted by Gasteiger charge is 2.12. The third kappa shape index (κ3) is 5.51. The Balaban J connectivity index is 1.52. The topological polar surface area (TPSA) is 92.8 Å². The first kappa shape index (κ1) is 22.0. The number of methoxy groups -OCH3 is 2. The van der Waals surface area contributed by atoms with Crippen LogP contribution in [-0.2, 0) is 9.47 Å². The maximum absolute atomic E-state index is 5.56. The van der Waals surface area contributed by atoms with Crippen LogP contribution >= 0.6 is 0 Å². The van der Waals surface area contributed by atoms with Gasteiger partial charge in [-0.15, -0.1) is 10.2 Å². The summed E-state index contributed by atoms with van der Waals surface area (Å²) in [6.07, 6.45) is 0. The molecule has 0 N–H and O–H groups in total. The van der Waals surface area contributed by atoms with Crippen LogP contribution < -0.4 is 9.47 Å². The van der Waals surface area contributed by atoms with Crippen LogP contribution in [0.5, 0.6) is 11.5 Å². The Bertz CT molecular complexity index is 878. The van der Waals surface area contributed by atoms with Crippen molar-refractivity contribution < 1.29 is 18.9 Å². The van der Waals surface area contributed by atoms with Gasteiger partial charge in [-0.3, -0.25) is 10.0 Å². The van der Waals surface area contributed by atoms with Crippen molar-refractivity contribution in [2.24, 2.45) is 20.7 Å². The Hall–Kier alpha value is -3.24. The van der Waals surface area contributed by atoms with E-state index >= 15 is 0 Å². The molecule has 2 fully saturated rings. The van der Waals surface area contributed by atoms with E-state index in [1.165, 1.54) is 0 Å². The van der Waals surface area contributed by atoms with Gasteiger partial charge in [0.1, 0.15) is 22.9 Å². The van der Waals surface area contributed by atoms with E-state index in [1.807, 2.05) is 46.4 Å². The molecule has 2 saturated heterocycles. The monoisotopic (exact) mass is 440 g/mol. The van der Waals surface area contributed by atoms with E-state index in [2.05, 4.69) is 20.7 Å². The summed E-state index contributed by atoms with van der Waals surface area (Å²) in [4.78, 5) is 0. The molecular formula is C22H28N6O4. The molecule has 0 radical (unpaired) electrons. The van der Waals surface area contributed by atoms with Gasteiger partial charge < -0.3 is 18.9 Å². The predicted octanol–water partition coefficient (Wildman–Crippen LogP) is 4.03. The van der Waals surface area contributed by atoms with Crippen LogP contribution in [0.3, 0.4) is 0 Å². The molecule has 10 heteroatoms. The van der Waals surface area contributed by atoms with Crippen molar-refractivity contribution in [3.63, 3.8) is 0 Å². The summed E-state index contributed by atoms with van der Waals surface area (Å²) in [6, 6.07) is 11.7. The highest BCUT2D eigenvalue weighted by atomic mass is 16.5. The second-order valence-electron chi connectivity index (χ2n) is 7.28. The van der Waals surface area contributed by atoms with E-state index in [9.17, 15) is 0 Å². The highest BCUT2D eigenvalue weighted by molar-refractivity contribution is 5.73. The first-order chi connectivity index (χ1) is 15.8. The van der Waals surface area contributed by atoms with Gasteiger partial charge in [0, 0.05) is 0 Å². The fourth-order valence-corrected chi connectivity index (χ4v) is 3.39. The molecule has 2 aliphatic rings. The van der Waals surface area contributed by atoms with Gasteiger partial charge in [0.25, 0.3) is 0 Å². The molecule has 2 aliphatic heterocycles. The lowest BCUT2D eigenvalue weighted by Crippen LogP contribution is -2.31. The van der Waals surface area contributed by atoms with E-state index in [0.29, 0.717) is 49.3 Å². The fraction of sp³-hybridized carbons (Fsp3) is 0.455. The lowest BCUT2D eigenvalue weighted by atomic mass is 10.0. The third-order valence-corrected chi connectivity index (χ3v) is 5.23. The molecule has 0 bridgehead atoms. The summed E-state index contributed by atoms with van der Waals surface area (Å²) in [5.41, 5.74) is 3.29. The molecule has 170 valence electrons. The normalized spacial score (nSPS) is 17.3. The van der Waals surface area contributed by atoms with Crippen LogP contribution in [0.2, 0.25) is 0 Å². The molecule has 4 rings (SSSR count). The fourth-order valence-electron chi connectivity index (χ4n) is 3.39. The minimum atomic E-state index is 0.648. The third-order valence-electron chi connectivity index (χ3n) is 5.23. The Morgan fingerprint density at radius 1 is 0.656 bits per heavy atom. The average molecular weight is 441 g/mol. The Morgan fingerprint density at radius 2 is 1.06 bits per heavy atom. The van der Waals surface area contributed by atoms with Crippen LogP contribution in [0, 0.1) is 0 Å². The Morgan fingerprint density at radius 3 is 1.44 bits per heavy atom. The van der Waals surface area contributed by atoms with Crippen molar-refractivity contribution in [2.45, 2.75) is 0 Å². The van der Waals surface area contributed by atoms with Gasteiger partial charge in [-0.05, 0) is 35.4 Å². The first-order valence-corrected chi connectivity index (χ1v) is 10.6. The van der Waals surface area contributed by atoms with Crippen LogP contribution in [0.25, 0.3) is 11.1 Å². The molecule has 0 spiro atoms. The van der Waals surface area contributed by atoms with Gasteiger partial charge in [-0.25, -0.2) is 0 Å². The van der Waals surface area contributed by atoms with Crippen molar-refractivity contribution in [1.29, 1.82) is 0 Å². The summed E-state index contributed by atoms with van der Waals surface area (Å²) in [6.45, 7) is 5.60. The minimum Gasteiger partial charge on any atom is -0.494 e. The molecule has 2 heterocycles. The minimum absolute atomic E-state index is 0.648. The summed E-state index contributed by atoms with van der Waals surface area (Å²) in [5, 5.41) is 21.1. The molecule has 0 amide bonds. The first-order valence-electron chi connectivity index (χ1n) is 10.6. The smallest absolute Gasteiger partial charge is 0.147 e. The molecule has 0 aromatic heterocycles. The van der Waals surface area contributed by atoms with Crippen LogP contribution in [0.4, 0.5) is 11.4 Å². The lowest BCUT2D eigenvalue weighted by Gasteiger charge is -2.22. The quantitative estimate of drug-likeness (QED) is 0.604. The van der Waals surface area contributed by atoms with E-state index in [0.717, 1.165) is 37.3 Å². The number of hydrogen-bond acceptors (Lipinski definition) is 8. The maximum Gasteiger partial charge on any atom is 0.147 e. The number of benzene rings is 2. The van der Waals surface area contributed by atoms with Crippen LogP contribution in [0.15, 0.2) is 57.1 Å². The van der Waals surface area contributed by atoms with Crippen molar-refractivity contribution >= 4 is 11.4 Å². The molecule has 0 saturated carbocycles. The molecule has 0 unspecified atom stereocenters. The summed E-state index contributed by atoms with van der Waals surface area (Å²) in [7, 11) is 3.26. The molecule has 0 atom stereocenters. The molecular weight excluding hydrogens is 412 g/mol. The standard InChI is InChI=1S/C22H28N6O4/c1-29-21-15-17(3-5-19(21)23-25-27-7-11-31-12-8-27)18-4-6-20(22(16-18)30-2)24-26-28-9-13-32-14-10-28/h3-6,15-16H,7-14H2,1-2H3. The van der Waals surface area contributed by atoms with Gasteiger partial charge in [0.05, 0.1) is 66.8 Å². The van der Waals surface area contributed by atoms with Gasteiger partial charge in [-0.1, -0.05) is 22.6 Å². The zero-order valence-corrected chi connectivity index (χ0v) is 18.4. The average Bonchev–Trinajstić information content (AvgIpc) is 2.87. The molecule has 2 aromatic carbocycles. The van der Waals surface area contributed by atoms with Crippen molar-refractivity contribution in [3.8, 4) is 22.6 Å². The second kappa shape index (κ2) is 10.9. The number of rotatable bonds is 7. The van der Waals surface area contributed by atoms with Crippen LogP contribution in [0.1, 0.15) is 0 Å². The zero-order chi connectivity index (χ0) is 22.2. The molecule has 10 nitrogen and oxygen atoms in total. The number of morpholine rings is 2. The van der Waals surface area contributed by atoms with Crippen LogP contribution in [-0.4, -0.2) is 76.8 Å². The van der Waals surface area contributed by atoms with Crippen molar-refractivity contribution in [3.05, 3.63) is 36.4 Å². The number of nitrogens with zero attached hydrogens (tertiary/aromatic N) is 6. The number of ether oxygens (including phenoxy) is 4. The van der Waals surface area contributed by atoms with Crippen molar-refractivity contribution in [2.75, 3.05) is 66.8 Å². The van der Waals surface area contributed by atoms with Gasteiger partial charge >= 0.3 is 0 Å². The van der Waals surface area contributed by atoms with E-state index in [4.69, 9.17) is 18.9 Å².